The normalized spacial score (nSPS) is 17.5. The highest BCUT2D eigenvalue weighted by Gasteiger charge is 2.26. The fraction of sp³-hybridized carbons (Fsp3) is 0.375. The lowest BCUT2D eigenvalue weighted by Crippen LogP contribution is -2.33. The van der Waals surface area contributed by atoms with Gasteiger partial charge in [0, 0.05) is 24.5 Å². The van der Waals surface area contributed by atoms with Crippen molar-refractivity contribution in [2.24, 2.45) is 5.92 Å². The Morgan fingerprint density at radius 3 is 3.14 bits per heavy atom. The largest absolute Gasteiger partial charge is 0.493 e. The van der Waals surface area contributed by atoms with Crippen LogP contribution in [-0.4, -0.2) is 29.4 Å². The molecule has 0 aliphatic carbocycles. The van der Waals surface area contributed by atoms with E-state index in [0.717, 1.165) is 29.2 Å². The quantitative estimate of drug-likeness (QED) is 0.875. The number of ether oxygens (including phenoxy) is 1. The number of aromatic nitrogens is 1. The molecule has 0 saturated carbocycles. The third-order valence-corrected chi connectivity index (χ3v) is 4.51. The minimum atomic E-state index is -0.0152. The van der Waals surface area contributed by atoms with Crippen LogP contribution in [0, 0.1) is 5.92 Å². The molecule has 2 aromatic rings. The lowest BCUT2D eigenvalue weighted by atomic mass is 9.95. The summed E-state index contributed by atoms with van der Waals surface area (Å²) in [6, 6.07) is 7.98. The highest BCUT2D eigenvalue weighted by atomic mass is 32.1. The lowest BCUT2D eigenvalue weighted by Gasteiger charge is -2.21. The highest BCUT2D eigenvalue weighted by Crippen LogP contribution is 2.27. The van der Waals surface area contributed by atoms with Gasteiger partial charge in [0.05, 0.1) is 13.2 Å². The molecule has 1 aliphatic heterocycles. The molecule has 1 aliphatic rings. The van der Waals surface area contributed by atoms with Crippen LogP contribution < -0.4 is 4.74 Å². The first-order valence-electron chi connectivity index (χ1n) is 7.08. The monoisotopic (exact) mass is 302 g/mol. The van der Waals surface area contributed by atoms with Crippen LogP contribution in [0.2, 0.25) is 0 Å². The summed E-state index contributed by atoms with van der Waals surface area (Å²) in [5, 5.41) is 2.90. The zero-order valence-corrected chi connectivity index (χ0v) is 12.8. The van der Waals surface area contributed by atoms with Gasteiger partial charge in [0.2, 0.25) is 5.91 Å². The van der Waals surface area contributed by atoms with Gasteiger partial charge in [0.25, 0.3) is 0 Å². The van der Waals surface area contributed by atoms with Gasteiger partial charge < -0.3 is 9.64 Å². The SMILES string of the molecule is CN(Cc1nccs1)C(=O)[C@H]1CCOc2ccccc2C1. The number of carbonyl (C=O) groups is 1. The highest BCUT2D eigenvalue weighted by molar-refractivity contribution is 7.09. The van der Waals surface area contributed by atoms with Crippen molar-refractivity contribution in [3.63, 3.8) is 0 Å². The van der Waals surface area contributed by atoms with E-state index < -0.39 is 0 Å². The fourth-order valence-corrected chi connectivity index (χ4v) is 3.29. The van der Waals surface area contributed by atoms with Gasteiger partial charge in [-0.3, -0.25) is 4.79 Å². The molecular weight excluding hydrogens is 284 g/mol. The summed E-state index contributed by atoms with van der Waals surface area (Å²) < 4.78 is 5.73. The van der Waals surface area contributed by atoms with Gasteiger partial charge in [-0.25, -0.2) is 4.98 Å². The minimum Gasteiger partial charge on any atom is -0.493 e. The maximum absolute atomic E-state index is 12.6. The number of hydrogen-bond acceptors (Lipinski definition) is 4. The Morgan fingerprint density at radius 1 is 1.48 bits per heavy atom. The van der Waals surface area contributed by atoms with Gasteiger partial charge in [-0.05, 0) is 24.5 Å². The second-order valence-electron chi connectivity index (χ2n) is 5.27. The molecule has 0 radical (unpaired) electrons. The van der Waals surface area contributed by atoms with Crippen molar-refractivity contribution >= 4 is 17.2 Å². The molecule has 0 bridgehead atoms. The van der Waals surface area contributed by atoms with E-state index in [2.05, 4.69) is 4.98 Å². The molecule has 1 aromatic carbocycles. The summed E-state index contributed by atoms with van der Waals surface area (Å²) in [5.41, 5.74) is 1.12. The number of benzene rings is 1. The number of amides is 1. The second-order valence-corrected chi connectivity index (χ2v) is 6.25. The number of fused-ring (bicyclic) bond motifs is 1. The molecule has 1 atom stereocenters. The molecule has 0 unspecified atom stereocenters. The summed E-state index contributed by atoms with van der Waals surface area (Å²) in [5.74, 6) is 1.07. The van der Waals surface area contributed by atoms with E-state index in [1.807, 2.05) is 36.7 Å². The summed E-state index contributed by atoms with van der Waals surface area (Å²) in [6.07, 6.45) is 3.28. The van der Waals surface area contributed by atoms with E-state index in [-0.39, 0.29) is 11.8 Å². The van der Waals surface area contributed by atoms with Crippen molar-refractivity contribution in [1.29, 1.82) is 0 Å². The fourth-order valence-electron chi connectivity index (χ4n) is 2.63. The van der Waals surface area contributed by atoms with E-state index in [1.165, 1.54) is 0 Å². The van der Waals surface area contributed by atoms with E-state index in [4.69, 9.17) is 4.74 Å². The smallest absolute Gasteiger partial charge is 0.226 e. The Balaban J connectivity index is 1.70. The summed E-state index contributed by atoms with van der Waals surface area (Å²) >= 11 is 1.58. The number of carbonyl (C=O) groups excluding carboxylic acids is 1. The van der Waals surface area contributed by atoms with Crippen molar-refractivity contribution in [2.75, 3.05) is 13.7 Å². The third-order valence-electron chi connectivity index (χ3n) is 3.74. The Bertz CT molecular complexity index is 612. The molecule has 1 amide bonds. The van der Waals surface area contributed by atoms with Crippen LogP contribution in [0.25, 0.3) is 0 Å². The molecular formula is C16H18N2O2S. The van der Waals surface area contributed by atoms with Gasteiger partial charge in [0.1, 0.15) is 10.8 Å². The molecule has 2 heterocycles. The number of thiazole rings is 1. The van der Waals surface area contributed by atoms with Crippen LogP contribution in [-0.2, 0) is 17.8 Å². The van der Waals surface area contributed by atoms with E-state index in [1.54, 1.807) is 22.4 Å². The predicted molar refractivity (Wildman–Crippen MR) is 82.3 cm³/mol. The Kier molecular flexibility index (Phi) is 4.20. The first kappa shape index (κ1) is 14.1. The Morgan fingerprint density at radius 2 is 2.33 bits per heavy atom. The van der Waals surface area contributed by atoms with Crippen LogP contribution in [0.15, 0.2) is 35.8 Å². The summed E-state index contributed by atoms with van der Waals surface area (Å²) in [6.45, 7) is 1.17. The summed E-state index contributed by atoms with van der Waals surface area (Å²) in [4.78, 5) is 18.6. The van der Waals surface area contributed by atoms with Crippen molar-refractivity contribution in [3.8, 4) is 5.75 Å². The zero-order chi connectivity index (χ0) is 14.7. The van der Waals surface area contributed by atoms with Crippen molar-refractivity contribution < 1.29 is 9.53 Å². The molecule has 0 fully saturated rings. The van der Waals surface area contributed by atoms with E-state index in [9.17, 15) is 4.79 Å². The topological polar surface area (TPSA) is 42.4 Å². The average molecular weight is 302 g/mol. The molecule has 21 heavy (non-hydrogen) atoms. The van der Waals surface area contributed by atoms with Crippen molar-refractivity contribution in [3.05, 3.63) is 46.4 Å². The van der Waals surface area contributed by atoms with Crippen LogP contribution in [0.3, 0.4) is 0 Å². The molecule has 4 nitrogen and oxygen atoms in total. The average Bonchev–Trinajstić information content (AvgIpc) is 2.90. The molecule has 1 aromatic heterocycles. The molecule has 0 spiro atoms. The predicted octanol–water partition coefficient (Wildman–Crippen LogP) is 2.74. The number of hydrogen-bond donors (Lipinski definition) is 0. The first-order valence-corrected chi connectivity index (χ1v) is 7.96. The van der Waals surface area contributed by atoms with Gasteiger partial charge in [-0.1, -0.05) is 18.2 Å². The minimum absolute atomic E-state index is 0.0152. The standard InChI is InChI=1S/C16H18N2O2S/c1-18(11-15-17-7-9-21-15)16(19)13-6-8-20-14-5-3-2-4-12(14)10-13/h2-5,7,9,13H,6,8,10-11H2,1H3/t13-/m0/s1. The van der Waals surface area contributed by atoms with Crippen molar-refractivity contribution in [2.45, 2.75) is 19.4 Å². The summed E-state index contributed by atoms with van der Waals surface area (Å²) in [7, 11) is 1.85. The van der Waals surface area contributed by atoms with Crippen LogP contribution in [0.5, 0.6) is 5.75 Å². The van der Waals surface area contributed by atoms with Gasteiger partial charge in [-0.2, -0.15) is 0 Å². The first-order chi connectivity index (χ1) is 10.2. The number of para-hydroxylation sites is 1. The van der Waals surface area contributed by atoms with E-state index >= 15 is 0 Å². The Labute approximate surface area is 128 Å². The third kappa shape index (κ3) is 3.24. The Hall–Kier alpha value is -1.88. The molecule has 110 valence electrons. The lowest BCUT2D eigenvalue weighted by molar-refractivity contribution is -0.135. The molecule has 3 rings (SSSR count). The van der Waals surface area contributed by atoms with Gasteiger partial charge in [0.15, 0.2) is 0 Å². The number of rotatable bonds is 3. The van der Waals surface area contributed by atoms with E-state index in [0.29, 0.717) is 13.2 Å². The van der Waals surface area contributed by atoms with Gasteiger partial charge >= 0.3 is 0 Å². The van der Waals surface area contributed by atoms with Crippen molar-refractivity contribution in [1.82, 2.24) is 9.88 Å². The molecule has 0 N–H and O–H groups in total. The van der Waals surface area contributed by atoms with Crippen LogP contribution >= 0.6 is 11.3 Å². The molecule has 5 heteroatoms. The van der Waals surface area contributed by atoms with Crippen LogP contribution in [0.1, 0.15) is 17.0 Å². The maximum atomic E-state index is 12.6. The second kappa shape index (κ2) is 6.26. The van der Waals surface area contributed by atoms with Gasteiger partial charge in [-0.15, -0.1) is 11.3 Å². The maximum Gasteiger partial charge on any atom is 0.226 e. The molecule has 0 saturated heterocycles. The zero-order valence-electron chi connectivity index (χ0n) is 12.0. The number of nitrogens with zero attached hydrogens (tertiary/aromatic N) is 2. The van der Waals surface area contributed by atoms with Crippen LogP contribution in [0.4, 0.5) is 0 Å².